The zero-order valence-corrected chi connectivity index (χ0v) is 10.2. The molecule has 1 aromatic rings. The van der Waals surface area contributed by atoms with Gasteiger partial charge in [-0.3, -0.25) is 4.79 Å². The van der Waals surface area contributed by atoms with Gasteiger partial charge in [-0.05, 0) is 31.5 Å². The van der Waals surface area contributed by atoms with Gasteiger partial charge in [0.05, 0.1) is 10.7 Å². The summed E-state index contributed by atoms with van der Waals surface area (Å²) in [4.78, 5) is 22.0. The van der Waals surface area contributed by atoms with Gasteiger partial charge in [0.2, 0.25) is 0 Å². The Bertz CT molecular complexity index is 448. The van der Waals surface area contributed by atoms with Crippen LogP contribution in [0, 0.1) is 6.92 Å². The fourth-order valence-electron chi connectivity index (χ4n) is 1.14. The summed E-state index contributed by atoms with van der Waals surface area (Å²) >= 11 is 5.91. The van der Waals surface area contributed by atoms with Gasteiger partial charge >= 0.3 is 12.0 Å². The van der Waals surface area contributed by atoms with Crippen molar-refractivity contribution in [2.24, 2.45) is 0 Å². The molecule has 92 valence electrons. The Morgan fingerprint density at radius 2 is 2.06 bits per heavy atom. The van der Waals surface area contributed by atoms with Crippen molar-refractivity contribution < 1.29 is 14.7 Å². The molecule has 0 aliphatic rings. The lowest BCUT2D eigenvalue weighted by Gasteiger charge is -2.11. The van der Waals surface area contributed by atoms with Gasteiger partial charge in [-0.2, -0.15) is 0 Å². The third kappa shape index (κ3) is 3.96. The van der Waals surface area contributed by atoms with Gasteiger partial charge in [0.1, 0.15) is 6.04 Å². The lowest BCUT2D eigenvalue weighted by Crippen LogP contribution is -2.40. The summed E-state index contributed by atoms with van der Waals surface area (Å²) in [5, 5.41) is 13.8. The maximum Gasteiger partial charge on any atom is 0.325 e. The molecule has 0 radical (unpaired) electrons. The number of amides is 2. The highest BCUT2D eigenvalue weighted by molar-refractivity contribution is 6.33. The molecular weight excluding hydrogens is 244 g/mol. The predicted molar refractivity (Wildman–Crippen MR) is 65.4 cm³/mol. The molecule has 0 aliphatic carbocycles. The highest BCUT2D eigenvalue weighted by Gasteiger charge is 2.14. The maximum atomic E-state index is 11.4. The number of aryl methyl sites for hydroxylation is 1. The summed E-state index contributed by atoms with van der Waals surface area (Å²) in [7, 11) is 0. The van der Waals surface area contributed by atoms with Crippen molar-refractivity contribution in [2.45, 2.75) is 19.9 Å². The third-order valence-corrected chi connectivity index (χ3v) is 2.40. The van der Waals surface area contributed by atoms with Crippen molar-refractivity contribution >= 4 is 29.3 Å². The lowest BCUT2D eigenvalue weighted by atomic mass is 10.2. The van der Waals surface area contributed by atoms with Crippen molar-refractivity contribution in [2.75, 3.05) is 5.32 Å². The fraction of sp³-hybridized carbons (Fsp3) is 0.273. The standard InChI is InChI=1S/C11H13ClN2O3/c1-6-3-4-9(8(12)5-6)14-11(17)13-7(2)10(15)16/h3-5,7H,1-2H3,(H,15,16)(H2,13,14,17)/t7-/m1/s1. The van der Waals surface area contributed by atoms with E-state index in [0.29, 0.717) is 10.7 Å². The number of halogens is 1. The Hall–Kier alpha value is -1.75. The first-order valence-electron chi connectivity index (χ1n) is 4.96. The van der Waals surface area contributed by atoms with Gasteiger partial charge in [0, 0.05) is 0 Å². The van der Waals surface area contributed by atoms with Gasteiger partial charge in [0.15, 0.2) is 0 Å². The van der Waals surface area contributed by atoms with Crippen LogP contribution in [0.3, 0.4) is 0 Å². The Balaban J connectivity index is 2.65. The summed E-state index contributed by atoms with van der Waals surface area (Å²) in [6, 6.07) is 3.59. The monoisotopic (exact) mass is 256 g/mol. The van der Waals surface area contributed by atoms with Gasteiger partial charge in [-0.15, -0.1) is 0 Å². The van der Waals surface area contributed by atoms with Crippen molar-refractivity contribution in [3.63, 3.8) is 0 Å². The third-order valence-electron chi connectivity index (χ3n) is 2.09. The molecule has 1 aromatic carbocycles. The first kappa shape index (κ1) is 13.3. The molecule has 0 saturated carbocycles. The van der Waals surface area contributed by atoms with Crippen LogP contribution in [0.1, 0.15) is 12.5 Å². The molecule has 0 saturated heterocycles. The molecular formula is C11H13ClN2O3. The highest BCUT2D eigenvalue weighted by atomic mass is 35.5. The number of nitrogens with one attached hydrogen (secondary N) is 2. The number of carboxylic acid groups (broad SMARTS) is 1. The van der Waals surface area contributed by atoms with Crippen LogP contribution in [0.15, 0.2) is 18.2 Å². The largest absolute Gasteiger partial charge is 0.480 e. The lowest BCUT2D eigenvalue weighted by molar-refractivity contribution is -0.138. The van der Waals surface area contributed by atoms with Crippen molar-refractivity contribution in [3.8, 4) is 0 Å². The van der Waals surface area contributed by atoms with Crippen LogP contribution >= 0.6 is 11.6 Å². The number of aliphatic carboxylic acids is 1. The number of benzene rings is 1. The number of hydrogen-bond acceptors (Lipinski definition) is 2. The quantitative estimate of drug-likeness (QED) is 0.776. The van der Waals surface area contributed by atoms with Crippen LogP contribution in [0.25, 0.3) is 0 Å². The minimum atomic E-state index is -1.10. The van der Waals surface area contributed by atoms with E-state index in [9.17, 15) is 9.59 Å². The molecule has 2 amide bonds. The predicted octanol–water partition coefficient (Wildman–Crippen LogP) is 2.24. The number of carboxylic acids is 1. The summed E-state index contributed by atoms with van der Waals surface area (Å²) in [6.45, 7) is 3.25. The minimum Gasteiger partial charge on any atom is -0.480 e. The van der Waals surface area contributed by atoms with Crippen LogP contribution < -0.4 is 10.6 Å². The van der Waals surface area contributed by atoms with E-state index in [1.165, 1.54) is 6.92 Å². The SMILES string of the molecule is Cc1ccc(NC(=O)N[C@H](C)C(=O)O)c(Cl)c1. The molecule has 0 heterocycles. The molecule has 17 heavy (non-hydrogen) atoms. The van der Waals surface area contributed by atoms with Crippen LogP contribution in [-0.2, 0) is 4.79 Å². The van der Waals surface area contributed by atoms with Crippen LogP contribution in [-0.4, -0.2) is 23.1 Å². The van der Waals surface area contributed by atoms with Gasteiger partial charge in [-0.25, -0.2) is 4.79 Å². The minimum absolute atomic E-state index is 0.406. The number of carbonyl (C=O) groups is 2. The van der Waals surface area contributed by atoms with E-state index in [4.69, 9.17) is 16.7 Å². The summed E-state index contributed by atoms with van der Waals surface area (Å²) < 4.78 is 0. The van der Waals surface area contributed by atoms with E-state index in [1.807, 2.05) is 6.92 Å². The second kappa shape index (κ2) is 5.54. The molecule has 0 unspecified atom stereocenters. The number of rotatable bonds is 3. The summed E-state index contributed by atoms with van der Waals surface area (Å²) in [6.07, 6.45) is 0. The Morgan fingerprint density at radius 1 is 1.41 bits per heavy atom. The van der Waals surface area contributed by atoms with Crippen molar-refractivity contribution in [3.05, 3.63) is 28.8 Å². The highest BCUT2D eigenvalue weighted by Crippen LogP contribution is 2.22. The zero-order chi connectivity index (χ0) is 13.0. The molecule has 0 aromatic heterocycles. The van der Waals surface area contributed by atoms with E-state index in [0.717, 1.165) is 5.56 Å². The number of anilines is 1. The fourth-order valence-corrected chi connectivity index (χ4v) is 1.42. The average molecular weight is 257 g/mol. The molecule has 3 N–H and O–H groups in total. The van der Waals surface area contributed by atoms with E-state index in [1.54, 1.807) is 18.2 Å². The Morgan fingerprint density at radius 3 is 2.59 bits per heavy atom. The summed E-state index contributed by atoms with van der Waals surface area (Å²) in [5.41, 5.74) is 1.41. The van der Waals surface area contributed by atoms with Crippen molar-refractivity contribution in [1.82, 2.24) is 5.32 Å². The van der Waals surface area contributed by atoms with Crippen LogP contribution in [0.2, 0.25) is 5.02 Å². The number of urea groups is 1. The normalized spacial score (nSPS) is 11.7. The van der Waals surface area contributed by atoms with E-state index >= 15 is 0 Å². The molecule has 0 aliphatic heterocycles. The smallest absolute Gasteiger partial charge is 0.325 e. The first-order chi connectivity index (χ1) is 7.90. The Kier molecular flexibility index (Phi) is 4.34. The van der Waals surface area contributed by atoms with Gasteiger partial charge in [0.25, 0.3) is 0 Å². The van der Waals surface area contributed by atoms with E-state index < -0.39 is 18.0 Å². The van der Waals surface area contributed by atoms with Crippen LogP contribution in [0.5, 0.6) is 0 Å². The maximum absolute atomic E-state index is 11.4. The topological polar surface area (TPSA) is 78.4 Å². The molecule has 5 nitrogen and oxygen atoms in total. The number of hydrogen-bond donors (Lipinski definition) is 3. The second-order valence-electron chi connectivity index (χ2n) is 3.64. The number of carbonyl (C=O) groups excluding carboxylic acids is 1. The Labute approximate surface area is 104 Å². The van der Waals surface area contributed by atoms with Gasteiger partial charge in [-0.1, -0.05) is 17.7 Å². The molecule has 6 heteroatoms. The average Bonchev–Trinajstić information content (AvgIpc) is 2.22. The van der Waals surface area contributed by atoms with E-state index in [2.05, 4.69) is 10.6 Å². The van der Waals surface area contributed by atoms with Crippen LogP contribution in [0.4, 0.5) is 10.5 Å². The molecule has 0 bridgehead atoms. The molecule has 0 spiro atoms. The summed E-state index contributed by atoms with van der Waals surface area (Å²) in [5.74, 6) is -1.10. The zero-order valence-electron chi connectivity index (χ0n) is 9.45. The second-order valence-corrected chi connectivity index (χ2v) is 4.05. The molecule has 1 rings (SSSR count). The molecule has 1 atom stereocenters. The first-order valence-corrected chi connectivity index (χ1v) is 5.34. The van der Waals surface area contributed by atoms with Crippen molar-refractivity contribution in [1.29, 1.82) is 0 Å². The van der Waals surface area contributed by atoms with Gasteiger partial charge < -0.3 is 15.7 Å². The molecule has 0 fully saturated rings. The van der Waals surface area contributed by atoms with E-state index in [-0.39, 0.29) is 0 Å².